The summed E-state index contributed by atoms with van der Waals surface area (Å²) >= 11 is 3.38. The molecule has 51 heavy (non-hydrogen) atoms. The van der Waals surface area contributed by atoms with Gasteiger partial charge in [0.25, 0.3) is 0 Å². The van der Waals surface area contributed by atoms with Crippen LogP contribution in [0.4, 0.5) is 0 Å². The van der Waals surface area contributed by atoms with Gasteiger partial charge in [-0.15, -0.1) is 0 Å². The summed E-state index contributed by atoms with van der Waals surface area (Å²) in [6.45, 7) is 10.9. The minimum atomic E-state index is -0.720. The van der Waals surface area contributed by atoms with Crippen molar-refractivity contribution < 1.29 is 29.3 Å². The average Bonchev–Trinajstić information content (AvgIpc) is 3.46. The van der Waals surface area contributed by atoms with Crippen LogP contribution in [-0.4, -0.2) is 91.1 Å². The van der Waals surface area contributed by atoms with Gasteiger partial charge in [0.15, 0.2) is 0 Å². The first kappa shape index (κ1) is 46.3. The second kappa shape index (κ2) is 24.5. The summed E-state index contributed by atoms with van der Waals surface area (Å²) in [5.41, 5.74) is 12.6. The minimum absolute atomic E-state index is 0. The number of halogens is 1. The number of aryl methyl sites for hydroxylation is 2. The Hall–Kier alpha value is -2.70. The number of rotatable bonds is 7. The Labute approximate surface area is 331 Å². The molecule has 2 heterocycles. The maximum atomic E-state index is 11.1. The Bertz CT molecular complexity index is 1440. The van der Waals surface area contributed by atoms with Gasteiger partial charge in [-0.3, -0.25) is 14.5 Å². The van der Waals surface area contributed by atoms with E-state index in [9.17, 15) is 14.4 Å². The number of nitrogens with zero attached hydrogens (tertiary/aromatic N) is 1. The summed E-state index contributed by atoms with van der Waals surface area (Å²) in [5.74, 6) is -1.72. The number of ether oxygens (including phenoxy) is 1. The van der Waals surface area contributed by atoms with Crippen molar-refractivity contribution in [3.05, 3.63) is 106 Å². The van der Waals surface area contributed by atoms with E-state index in [0.717, 1.165) is 69.1 Å². The number of hydrogen-bond donors (Lipinski definition) is 4. The molecule has 2 saturated heterocycles. The molecule has 9 nitrogen and oxygen atoms in total. The molecule has 280 valence electrons. The van der Waals surface area contributed by atoms with Gasteiger partial charge in [-0.25, -0.2) is 4.79 Å². The molecule has 3 fully saturated rings. The zero-order valence-corrected chi connectivity index (χ0v) is 31.9. The van der Waals surface area contributed by atoms with Crippen LogP contribution < -0.4 is 11.1 Å². The summed E-state index contributed by atoms with van der Waals surface area (Å²) < 4.78 is 4.61. The Morgan fingerprint density at radius 1 is 0.863 bits per heavy atom. The van der Waals surface area contributed by atoms with Gasteiger partial charge < -0.3 is 26.0 Å². The fourth-order valence-electron chi connectivity index (χ4n) is 5.27. The zero-order chi connectivity index (χ0) is 37.1. The molecular formula is C40H59BrInN3O6. The number of hydrogen-bond acceptors (Lipinski definition) is 7. The number of carboxylic acids is 2. The summed E-state index contributed by atoms with van der Waals surface area (Å²) in [4.78, 5) is 34.3. The van der Waals surface area contributed by atoms with Gasteiger partial charge in [0.05, 0.1) is 12.7 Å². The van der Waals surface area contributed by atoms with Crippen molar-refractivity contribution >= 4 is 59.7 Å². The molecular weight excluding hydrogens is 813 g/mol. The van der Waals surface area contributed by atoms with Crippen LogP contribution in [0, 0.1) is 13.8 Å². The van der Waals surface area contributed by atoms with Gasteiger partial charge in [0.2, 0.25) is 0 Å². The molecule has 2 aliphatic heterocycles. The van der Waals surface area contributed by atoms with Gasteiger partial charge in [0, 0.05) is 17.4 Å². The fraction of sp³-hybridized carbons (Fsp3) is 0.475. The molecule has 2 unspecified atom stereocenters. The van der Waals surface area contributed by atoms with E-state index in [1.54, 1.807) is 12.1 Å². The predicted octanol–water partition coefficient (Wildman–Crippen LogP) is 6.41. The molecule has 0 bridgehead atoms. The second-order valence-electron chi connectivity index (χ2n) is 13.0. The Morgan fingerprint density at radius 2 is 1.39 bits per heavy atom. The first-order valence-electron chi connectivity index (χ1n) is 17.4. The summed E-state index contributed by atoms with van der Waals surface area (Å²) in [6.07, 6.45) is 6.87. The molecule has 0 spiro atoms. The molecule has 0 aromatic heterocycles. The van der Waals surface area contributed by atoms with Crippen molar-refractivity contribution in [2.24, 2.45) is 5.73 Å². The number of likely N-dealkylation sites (tertiary alicyclic amines) is 1. The summed E-state index contributed by atoms with van der Waals surface area (Å²) in [5, 5.41) is 21.2. The van der Waals surface area contributed by atoms with Crippen LogP contribution in [0.25, 0.3) is 0 Å². The van der Waals surface area contributed by atoms with Crippen LogP contribution in [0.2, 0.25) is 0 Å². The molecule has 0 amide bonds. The molecule has 1 aliphatic carbocycles. The fourth-order valence-corrected chi connectivity index (χ4v) is 5.65. The van der Waals surface area contributed by atoms with Crippen molar-refractivity contribution in [1.82, 2.24) is 10.2 Å². The van der Waals surface area contributed by atoms with Gasteiger partial charge >= 0.3 is 43.8 Å². The van der Waals surface area contributed by atoms with E-state index in [2.05, 4.69) is 102 Å². The molecule has 2 atom stereocenters. The number of alkyl halides is 1. The van der Waals surface area contributed by atoms with E-state index in [1.807, 2.05) is 17.0 Å². The molecule has 11 heteroatoms. The number of nitrogens with one attached hydrogen (secondary N) is 1. The van der Waals surface area contributed by atoms with Crippen LogP contribution in [0.3, 0.4) is 0 Å². The molecule has 0 radical (unpaired) electrons. The standard InChI is InChI=1S/C13H17NO2.C11H13NO2.C8H9Br.C5H9NO2.C3H8.In.3H/c1-10-4-6-11(7-5-10)9-14-8-2-3-12(14)13(15)16;1-14-10(13)8-2-4-9(5-3-8)11(12)6-7-11;1-7-2-4-8(6-9)5-3-7;7-5(8)4-2-1-3-6-4;1-3-2;;;;/h4-7,12H,2-3,8-9H2,1H3,(H,15,16);2-5H,6-7,12H2,1H3;2-5H,6H2,1H3;4,6H,1-3H2,(H,7,8);3H2,1-2H3;;;;. The van der Waals surface area contributed by atoms with E-state index >= 15 is 0 Å². The zero-order valence-electron chi connectivity index (χ0n) is 30.3. The number of methoxy groups -OCH3 is 1. The second-order valence-corrected chi connectivity index (χ2v) is 13.6. The topological polar surface area (TPSA) is 142 Å². The van der Waals surface area contributed by atoms with Crippen LogP contribution in [0.15, 0.2) is 72.8 Å². The van der Waals surface area contributed by atoms with Gasteiger partial charge in [0.1, 0.15) is 12.1 Å². The molecule has 1 saturated carbocycles. The van der Waals surface area contributed by atoms with E-state index in [4.69, 9.17) is 15.9 Å². The SMILES string of the molecule is CCC.COC(=O)c1ccc(C2(N)CC2)cc1.Cc1ccc(CBr)cc1.Cc1ccc(CN2CCCC2C(=O)O)cc1.O=C(O)C1CCCN1.[InH3]. The van der Waals surface area contributed by atoms with E-state index in [0.29, 0.717) is 5.56 Å². The van der Waals surface area contributed by atoms with Crippen LogP contribution >= 0.6 is 15.9 Å². The van der Waals surface area contributed by atoms with Gasteiger partial charge in [-0.2, -0.15) is 0 Å². The molecule has 3 aromatic rings. The number of carbonyl (C=O) groups excluding carboxylic acids is 1. The third-order valence-corrected chi connectivity index (χ3v) is 9.11. The maximum absolute atomic E-state index is 11.1. The van der Waals surface area contributed by atoms with Gasteiger partial charge in [-0.1, -0.05) is 108 Å². The van der Waals surface area contributed by atoms with E-state index in [1.165, 1.54) is 35.8 Å². The number of carbonyl (C=O) groups is 3. The summed E-state index contributed by atoms with van der Waals surface area (Å²) in [7, 11) is 1.38. The predicted molar refractivity (Wildman–Crippen MR) is 214 cm³/mol. The molecule has 3 aliphatic rings. The summed E-state index contributed by atoms with van der Waals surface area (Å²) in [6, 6.07) is 23.6. The Kier molecular flexibility index (Phi) is 22.3. The van der Waals surface area contributed by atoms with Crippen molar-refractivity contribution in [1.29, 1.82) is 0 Å². The van der Waals surface area contributed by atoms with Crippen molar-refractivity contribution in [2.75, 3.05) is 20.2 Å². The Balaban J connectivity index is 0.000000340. The van der Waals surface area contributed by atoms with Crippen LogP contribution in [0.1, 0.15) is 97.0 Å². The normalized spacial score (nSPS) is 17.9. The first-order chi connectivity index (χ1) is 23.9. The average molecular weight is 873 g/mol. The number of aliphatic carboxylic acids is 2. The van der Waals surface area contributed by atoms with Gasteiger partial charge in [-0.05, 0) is 94.3 Å². The quantitative estimate of drug-likeness (QED) is 0.157. The number of benzene rings is 3. The van der Waals surface area contributed by atoms with Crippen molar-refractivity contribution in [3.63, 3.8) is 0 Å². The van der Waals surface area contributed by atoms with Crippen molar-refractivity contribution in [2.45, 2.75) is 102 Å². The molecule has 6 rings (SSSR count). The molecule has 5 N–H and O–H groups in total. The van der Waals surface area contributed by atoms with Crippen LogP contribution in [0.5, 0.6) is 0 Å². The number of nitrogens with two attached hydrogens (primary N) is 1. The monoisotopic (exact) mass is 871 g/mol. The van der Waals surface area contributed by atoms with Crippen molar-refractivity contribution in [3.8, 4) is 0 Å². The first-order valence-corrected chi connectivity index (χ1v) is 18.6. The Morgan fingerprint density at radius 3 is 1.78 bits per heavy atom. The van der Waals surface area contributed by atoms with E-state index < -0.39 is 11.9 Å². The number of carboxylic acid groups (broad SMARTS) is 2. The number of esters is 1. The third kappa shape index (κ3) is 17.1. The van der Waals surface area contributed by atoms with Crippen LogP contribution in [-0.2, 0) is 31.7 Å². The molecule has 3 aromatic carbocycles. The van der Waals surface area contributed by atoms with E-state index in [-0.39, 0.29) is 49.4 Å². The third-order valence-electron chi connectivity index (χ3n) is 8.46.